The van der Waals surface area contributed by atoms with Crippen LogP contribution in [0.3, 0.4) is 0 Å². The third-order valence-electron chi connectivity index (χ3n) is 2.88. The van der Waals surface area contributed by atoms with Crippen LogP contribution in [0.2, 0.25) is 0 Å². The molecule has 4 nitrogen and oxygen atoms in total. The lowest BCUT2D eigenvalue weighted by Crippen LogP contribution is -2.15. The van der Waals surface area contributed by atoms with Gasteiger partial charge in [-0.15, -0.1) is 0 Å². The Hall–Kier alpha value is -1.81. The third-order valence-corrected chi connectivity index (χ3v) is 2.88. The van der Waals surface area contributed by atoms with E-state index in [9.17, 15) is 9.90 Å². The van der Waals surface area contributed by atoms with Crippen LogP contribution >= 0.6 is 0 Å². The lowest BCUT2D eigenvalue weighted by atomic mass is 10.1. The molecule has 2 rings (SSSR count). The Kier molecular flexibility index (Phi) is 3.99. The third kappa shape index (κ3) is 2.71. The van der Waals surface area contributed by atoms with Gasteiger partial charge in [-0.05, 0) is 31.2 Å². The van der Waals surface area contributed by atoms with Crippen LogP contribution in [0.1, 0.15) is 25.3 Å². The number of aromatic hydroxyl groups is 1. The molecule has 1 aromatic heterocycles. The monoisotopic (exact) mass is 247 g/mol. The molecule has 1 aromatic carbocycles. The molecular formula is C14H17NO3. The molecule has 96 valence electrons. The van der Waals surface area contributed by atoms with Crippen molar-refractivity contribution in [3.8, 4) is 5.75 Å². The summed E-state index contributed by atoms with van der Waals surface area (Å²) < 4.78 is 5.18. The first-order valence-corrected chi connectivity index (χ1v) is 6.18. The van der Waals surface area contributed by atoms with Crippen LogP contribution in [0.4, 0.5) is 0 Å². The number of hydrogen-bond donors (Lipinski definition) is 2. The molecule has 1 heterocycles. The van der Waals surface area contributed by atoms with E-state index < -0.39 is 5.63 Å². The lowest BCUT2D eigenvalue weighted by molar-refractivity contribution is 0.460. The van der Waals surface area contributed by atoms with Crippen molar-refractivity contribution in [2.24, 2.45) is 0 Å². The van der Waals surface area contributed by atoms with Gasteiger partial charge in [-0.2, -0.15) is 0 Å². The summed E-state index contributed by atoms with van der Waals surface area (Å²) in [5.41, 5.74) is 0.704. The van der Waals surface area contributed by atoms with Gasteiger partial charge in [-0.1, -0.05) is 13.3 Å². The molecule has 0 amide bonds. The van der Waals surface area contributed by atoms with Crippen LogP contribution in [0.25, 0.3) is 11.0 Å². The first-order valence-electron chi connectivity index (χ1n) is 6.18. The predicted molar refractivity (Wildman–Crippen MR) is 70.8 cm³/mol. The number of rotatable bonds is 5. The van der Waals surface area contributed by atoms with E-state index in [1.54, 1.807) is 18.2 Å². The maximum absolute atomic E-state index is 11.3. The number of benzene rings is 1. The van der Waals surface area contributed by atoms with Crippen molar-refractivity contribution in [1.29, 1.82) is 0 Å². The molecule has 18 heavy (non-hydrogen) atoms. The van der Waals surface area contributed by atoms with Crippen molar-refractivity contribution in [2.75, 3.05) is 6.54 Å². The molecule has 0 bridgehead atoms. The Morgan fingerprint density at radius 1 is 1.28 bits per heavy atom. The van der Waals surface area contributed by atoms with E-state index >= 15 is 0 Å². The molecule has 0 saturated carbocycles. The molecule has 0 fully saturated rings. The van der Waals surface area contributed by atoms with Gasteiger partial charge in [-0.25, -0.2) is 4.79 Å². The van der Waals surface area contributed by atoms with Crippen LogP contribution in [0.5, 0.6) is 5.75 Å². The molecular weight excluding hydrogens is 230 g/mol. The zero-order chi connectivity index (χ0) is 13.0. The van der Waals surface area contributed by atoms with Crippen molar-refractivity contribution in [3.63, 3.8) is 0 Å². The van der Waals surface area contributed by atoms with Crippen LogP contribution in [0, 0.1) is 0 Å². The maximum atomic E-state index is 11.3. The summed E-state index contributed by atoms with van der Waals surface area (Å²) in [6.07, 6.45) is 2.19. The second kappa shape index (κ2) is 5.69. The van der Waals surface area contributed by atoms with Gasteiger partial charge in [0.15, 0.2) is 0 Å². The number of fused-ring (bicyclic) bond motifs is 1. The Morgan fingerprint density at radius 2 is 2.06 bits per heavy atom. The molecule has 0 aliphatic carbocycles. The highest BCUT2D eigenvalue weighted by atomic mass is 16.4. The van der Waals surface area contributed by atoms with E-state index in [0.29, 0.717) is 17.7 Å². The lowest BCUT2D eigenvalue weighted by Gasteiger charge is -2.08. The van der Waals surface area contributed by atoms with Crippen molar-refractivity contribution in [3.05, 3.63) is 40.2 Å². The van der Waals surface area contributed by atoms with E-state index in [0.717, 1.165) is 24.8 Å². The van der Waals surface area contributed by atoms with Gasteiger partial charge in [-0.3, -0.25) is 0 Å². The molecule has 0 radical (unpaired) electrons. The minimum atomic E-state index is -0.400. The second-order valence-corrected chi connectivity index (χ2v) is 4.27. The summed E-state index contributed by atoms with van der Waals surface area (Å²) in [7, 11) is 0. The molecule has 0 unspecified atom stereocenters. The SMILES string of the molecule is CCCCNCc1c(O)ccc2ccc(=O)oc12. The van der Waals surface area contributed by atoms with E-state index in [1.165, 1.54) is 6.07 Å². The van der Waals surface area contributed by atoms with E-state index in [4.69, 9.17) is 4.42 Å². The highest BCUT2D eigenvalue weighted by Gasteiger charge is 2.09. The smallest absolute Gasteiger partial charge is 0.336 e. The fraction of sp³-hybridized carbons (Fsp3) is 0.357. The zero-order valence-electron chi connectivity index (χ0n) is 10.4. The Bertz CT molecular complexity index is 589. The molecule has 2 N–H and O–H groups in total. The topological polar surface area (TPSA) is 62.5 Å². The number of phenolic OH excluding ortho intramolecular Hbond substituents is 1. The Balaban J connectivity index is 2.32. The summed E-state index contributed by atoms with van der Waals surface area (Å²) in [6, 6.07) is 6.45. The average Bonchev–Trinajstić information content (AvgIpc) is 2.36. The zero-order valence-corrected chi connectivity index (χ0v) is 10.4. The predicted octanol–water partition coefficient (Wildman–Crippen LogP) is 2.39. The summed E-state index contributed by atoms with van der Waals surface area (Å²) in [4.78, 5) is 11.3. The van der Waals surface area contributed by atoms with Crippen LogP contribution in [-0.2, 0) is 6.54 Å². The molecule has 2 aromatic rings. The average molecular weight is 247 g/mol. The number of unbranched alkanes of at least 4 members (excludes halogenated alkanes) is 1. The molecule has 0 spiro atoms. The van der Waals surface area contributed by atoms with Gasteiger partial charge >= 0.3 is 5.63 Å². The van der Waals surface area contributed by atoms with Crippen molar-refractivity contribution < 1.29 is 9.52 Å². The van der Waals surface area contributed by atoms with Gasteiger partial charge in [0.2, 0.25) is 0 Å². The molecule has 0 aliphatic rings. The normalized spacial score (nSPS) is 10.9. The molecule has 0 saturated heterocycles. The van der Waals surface area contributed by atoms with E-state index in [-0.39, 0.29) is 5.75 Å². The summed E-state index contributed by atoms with van der Waals surface area (Å²) >= 11 is 0. The number of nitrogens with one attached hydrogen (secondary N) is 1. The second-order valence-electron chi connectivity index (χ2n) is 4.27. The maximum Gasteiger partial charge on any atom is 0.336 e. The van der Waals surface area contributed by atoms with Gasteiger partial charge in [0, 0.05) is 18.0 Å². The summed E-state index contributed by atoms with van der Waals surface area (Å²) in [5.74, 6) is 0.154. The first kappa shape index (κ1) is 12.6. The highest BCUT2D eigenvalue weighted by molar-refractivity contribution is 5.81. The fourth-order valence-corrected chi connectivity index (χ4v) is 1.87. The Labute approximate surface area is 105 Å². The molecule has 0 aliphatic heterocycles. The van der Waals surface area contributed by atoms with Crippen molar-refractivity contribution >= 4 is 11.0 Å². The van der Waals surface area contributed by atoms with Crippen LogP contribution in [0.15, 0.2) is 33.5 Å². The van der Waals surface area contributed by atoms with Crippen LogP contribution < -0.4 is 10.9 Å². The van der Waals surface area contributed by atoms with E-state index in [1.807, 2.05) is 0 Å². The first-order chi connectivity index (χ1) is 8.72. The minimum Gasteiger partial charge on any atom is -0.507 e. The van der Waals surface area contributed by atoms with E-state index in [2.05, 4.69) is 12.2 Å². The van der Waals surface area contributed by atoms with Gasteiger partial charge in [0.1, 0.15) is 11.3 Å². The highest BCUT2D eigenvalue weighted by Crippen LogP contribution is 2.25. The molecule has 4 heteroatoms. The van der Waals surface area contributed by atoms with Gasteiger partial charge in [0.25, 0.3) is 0 Å². The summed E-state index contributed by atoms with van der Waals surface area (Å²) in [5, 5.41) is 13.9. The summed E-state index contributed by atoms with van der Waals surface area (Å²) in [6.45, 7) is 3.50. The minimum absolute atomic E-state index is 0.154. The molecule has 0 atom stereocenters. The van der Waals surface area contributed by atoms with Crippen molar-refractivity contribution in [1.82, 2.24) is 5.32 Å². The van der Waals surface area contributed by atoms with Gasteiger partial charge < -0.3 is 14.8 Å². The van der Waals surface area contributed by atoms with Crippen LogP contribution in [-0.4, -0.2) is 11.7 Å². The Morgan fingerprint density at radius 3 is 2.83 bits per heavy atom. The van der Waals surface area contributed by atoms with Gasteiger partial charge in [0.05, 0.1) is 5.56 Å². The largest absolute Gasteiger partial charge is 0.507 e. The number of hydrogen-bond acceptors (Lipinski definition) is 4. The fourth-order valence-electron chi connectivity index (χ4n) is 1.87. The quantitative estimate of drug-likeness (QED) is 0.629. The standard InChI is InChI=1S/C14H17NO3/c1-2-3-8-15-9-11-12(16)6-4-10-5-7-13(17)18-14(10)11/h4-7,15-16H,2-3,8-9H2,1H3. The van der Waals surface area contributed by atoms with Crippen molar-refractivity contribution in [2.45, 2.75) is 26.3 Å². The number of phenols is 1.